The van der Waals surface area contributed by atoms with Gasteiger partial charge in [-0.05, 0) is 39.0 Å². The number of fused-ring (bicyclic) bond motifs is 3. The summed E-state index contributed by atoms with van der Waals surface area (Å²) in [6.07, 6.45) is 8.21. The van der Waals surface area contributed by atoms with Crippen molar-refractivity contribution in [3.63, 3.8) is 0 Å². The largest absolute Gasteiger partial charge is 0.455 e. The monoisotopic (exact) mass is 344 g/mol. The summed E-state index contributed by atoms with van der Waals surface area (Å²) < 4.78 is 5.96. The van der Waals surface area contributed by atoms with Gasteiger partial charge in [-0.15, -0.1) is 11.3 Å². The van der Waals surface area contributed by atoms with Gasteiger partial charge in [0.1, 0.15) is 5.76 Å². The van der Waals surface area contributed by atoms with Crippen molar-refractivity contribution in [2.45, 2.75) is 58.8 Å². The number of rotatable bonds is 3. The fraction of sp³-hybridized carbons (Fsp3) is 0.579. The first-order chi connectivity index (χ1) is 11.6. The maximum absolute atomic E-state index is 12.6. The van der Waals surface area contributed by atoms with Crippen LogP contribution >= 0.6 is 11.3 Å². The predicted molar refractivity (Wildman–Crippen MR) is 95.6 cm³/mol. The molecule has 0 aromatic carbocycles. The molecule has 5 heteroatoms. The standard InChI is InChI=1S/C19H24N2O2S/c1-11-16-14(8-9-15-17(16)21-12(2)24-15)23-18(11)19(22)20-10-13-6-4-3-5-7-13/h13H,3-10H2,1-2H3,(H,20,22). The van der Waals surface area contributed by atoms with Gasteiger partial charge >= 0.3 is 0 Å². The van der Waals surface area contributed by atoms with Crippen molar-refractivity contribution in [1.29, 1.82) is 0 Å². The number of carbonyl (C=O) groups is 1. The van der Waals surface area contributed by atoms with Crippen LogP contribution in [0.15, 0.2) is 4.42 Å². The van der Waals surface area contributed by atoms with Crippen LogP contribution in [0.3, 0.4) is 0 Å². The van der Waals surface area contributed by atoms with Gasteiger partial charge in [0.15, 0.2) is 5.76 Å². The normalized spacial score (nSPS) is 17.4. The zero-order valence-corrected chi connectivity index (χ0v) is 15.2. The molecular formula is C19H24N2O2S. The molecule has 1 amide bonds. The minimum atomic E-state index is -0.0685. The molecule has 1 saturated carbocycles. The maximum Gasteiger partial charge on any atom is 0.287 e. The molecule has 4 rings (SSSR count). The molecule has 0 saturated heterocycles. The zero-order valence-electron chi connectivity index (χ0n) is 14.4. The summed E-state index contributed by atoms with van der Waals surface area (Å²) in [5.41, 5.74) is 3.03. The molecular weight excluding hydrogens is 320 g/mol. The first-order valence-electron chi connectivity index (χ1n) is 9.00. The third-order valence-corrected chi connectivity index (χ3v) is 6.35. The van der Waals surface area contributed by atoms with Crippen molar-refractivity contribution >= 4 is 17.2 Å². The van der Waals surface area contributed by atoms with Crippen molar-refractivity contribution < 1.29 is 9.21 Å². The summed E-state index contributed by atoms with van der Waals surface area (Å²) in [5, 5.41) is 4.18. The van der Waals surface area contributed by atoms with Gasteiger partial charge in [0.05, 0.1) is 10.7 Å². The summed E-state index contributed by atoms with van der Waals surface area (Å²) in [4.78, 5) is 18.6. The third kappa shape index (κ3) is 2.79. The Labute approximate surface area is 146 Å². The molecule has 0 bridgehead atoms. The van der Waals surface area contributed by atoms with E-state index < -0.39 is 0 Å². The number of carbonyl (C=O) groups excluding carboxylic acids is 1. The summed E-state index contributed by atoms with van der Waals surface area (Å²) >= 11 is 1.76. The molecule has 2 aromatic heterocycles. The quantitative estimate of drug-likeness (QED) is 0.896. The minimum Gasteiger partial charge on any atom is -0.455 e. The number of thiazole rings is 1. The van der Waals surface area contributed by atoms with Gasteiger partial charge in [0, 0.05) is 29.0 Å². The van der Waals surface area contributed by atoms with Gasteiger partial charge in [-0.3, -0.25) is 4.79 Å². The average Bonchev–Trinajstić information content (AvgIpc) is 3.13. The Morgan fingerprint density at radius 2 is 2.04 bits per heavy atom. The molecule has 0 unspecified atom stereocenters. The number of hydrogen-bond donors (Lipinski definition) is 1. The van der Waals surface area contributed by atoms with E-state index in [1.165, 1.54) is 37.0 Å². The summed E-state index contributed by atoms with van der Waals surface area (Å²) in [6, 6.07) is 0. The predicted octanol–water partition coefficient (Wildman–Crippen LogP) is 4.43. The molecule has 2 heterocycles. The highest BCUT2D eigenvalue weighted by Crippen LogP contribution is 2.40. The van der Waals surface area contributed by atoms with E-state index in [9.17, 15) is 4.79 Å². The van der Waals surface area contributed by atoms with Crippen LogP contribution in [-0.4, -0.2) is 17.4 Å². The molecule has 4 nitrogen and oxygen atoms in total. The Hall–Kier alpha value is -1.62. The van der Waals surface area contributed by atoms with E-state index in [0.29, 0.717) is 11.7 Å². The van der Waals surface area contributed by atoms with Crippen LogP contribution in [0.1, 0.15) is 63.9 Å². The molecule has 2 aliphatic carbocycles. The van der Waals surface area contributed by atoms with Crippen molar-refractivity contribution in [2.75, 3.05) is 6.54 Å². The summed E-state index contributed by atoms with van der Waals surface area (Å²) in [7, 11) is 0. The fourth-order valence-corrected chi connectivity index (χ4v) is 4.99. The van der Waals surface area contributed by atoms with E-state index in [2.05, 4.69) is 10.3 Å². The van der Waals surface area contributed by atoms with Crippen LogP contribution in [0, 0.1) is 19.8 Å². The lowest BCUT2D eigenvalue weighted by molar-refractivity contribution is 0.0913. The van der Waals surface area contributed by atoms with E-state index >= 15 is 0 Å². The van der Waals surface area contributed by atoms with Gasteiger partial charge in [-0.2, -0.15) is 0 Å². The van der Waals surface area contributed by atoms with E-state index in [0.717, 1.165) is 47.0 Å². The first-order valence-corrected chi connectivity index (χ1v) is 9.82. The van der Waals surface area contributed by atoms with Crippen molar-refractivity contribution in [2.24, 2.45) is 5.92 Å². The Bertz CT molecular complexity index is 769. The lowest BCUT2D eigenvalue weighted by Crippen LogP contribution is -2.30. The van der Waals surface area contributed by atoms with Crippen LogP contribution in [-0.2, 0) is 12.8 Å². The van der Waals surface area contributed by atoms with Crippen LogP contribution in [0.25, 0.3) is 11.3 Å². The smallest absolute Gasteiger partial charge is 0.287 e. The fourth-order valence-electron chi connectivity index (χ4n) is 4.05. The molecule has 2 aliphatic rings. The molecule has 0 spiro atoms. The van der Waals surface area contributed by atoms with Crippen molar-refractivity contribution in [1.82, 2.24) is 10.3 Å². The lowest BCUT2D eigenvalue weighted by Gasteiger charge is -2.21. The first kappa shape index (κ1) is 15.9. The highest BCUT2D eigenvalue weighted by molar-refractivity contribution is 7.12. The number of furan rings is 1. The number of amides is 1. The lowest BCUT2D eigenvalue weighted by atomic mass is 9.89. The van der Waals surface area contributed by atoms with E-state index in [-0.39, 0.29) is 5.91 Å². The molecule has 24 heavy (non-hydrogen) atoms. The Morgan fingerprint density at radius 1 is 1.25 bits per heavy atom. The molecule has 2 aromatic rings. The second kappa shape index (κ2) is 6.36. The Kier molecular flexibility index (Phi) is 4.21. The Balaban J connectivity index is 1.54. The molecule has 1 N–H and O–H groups in total. The van der Waals surface area contributed by atoms with Crippen LogP contribution in [0.2, 0.25) is 0 Å². The summed E-state index contributed by atoms with van der Waals surface area (Å²) in [6.45, 7) is 4.79. The van der Waals surface area contributed by atoms with E-state index in [4.69, 9.17) is 4.42 Å². The topological polar surface area (TPSA) is 55.1 Å². The van der Waals surface area contributed by atoms with Gasteiger partial charge in [0.25, 0.3) is 5.91 Å². The number of aromatic nitrogens is 1. The zero-order chi connectivity index (χ0) is 16.7. The van der Waals surface area contributed by atoms with Gasteiger partial charge < -0.3 is 9.73 Å². The molecule has 0 atom stereocenters. The van der Waals surface area contributed by atoms with Gasteiger partial charge in [-0.25, -0.2) is 4.98 Å². The van der Waals surface area contributed by atoms with Gasteiger partial charge in [-0.1, -0.05) is 19.3 Å². The maximum atomic E-state index is 12.6. The number of hydrogen-bond acceptors (Lipinski definition) is 4. The highest BCUT2D eigenvalue weighted by atomic mass is 32.1. The Morgan fingerprint density at radius 3 is 2.83 bits per heavy atom. The van der Waals surface area contributed by atoms with E-state index in [1.54, 1.807) is 11.3 Å². The third-order valence-electron chi connectivity index (χ3n) is 5.32. The second-order valence-corrected chi connectivity index (χ2v) is 8.36. The van der Waals surface area contributed by atoms with E-state index in [1.807, 2.05) is 13.8 Å². The van der Waals surface area contributed by atoms with Gasteiger partial charge in [0.2, 0.25) is 0 Å². The van der Waals surface area contributed by atoms with Crippen LogP contribution < -0.4 is 5.32 Å². The number of nitrogens with zero attached hydrogens (tertiary/aromatic N) is 1. The minimum absolute atomic E-state index is 0.0685. The molecule has 0 aliphatic heterocycles. The number of aryl methyl sites for hydroxylation is 3. The van der Waals surface area contributed by atoms with Crippen LogP contribution in [0.4, 0.5) is 0 Å². The second-order valence-electron chi connectivity index (χ2n) is 7.07. The van der Waals surface area contributed by atoms with Crippen LogP contribution in [0.5, 0.6) is 0 Å². The summed E-state index contributed by atoms with van der Waals surface area (Å²) in [5.74, 6) is 1.96. The number of nitrogens with one attached hydrogen (secondary N) is 1. The molecule has 128 valence electrons. The molecule has 1 fully saturated rings. The average molecular weight is 344 g/mol. The highest BCUT2D eigenvalue weighted by Gasteiger charge is 2.29. The van der Waals surface area contributed by atoms with Crippen molar-refractivity contribution in [3.05, 3.63) is 27.0 Å². The van der Waals surface area contributed by atoms with Crippen molar-refractivity contribution in [3.8, 4) is 11.3 Å². The SMILES string of the molecule is Cc1nc2c(s1)CCc1oc(C(=O)NCC3CCCCC3)c(C)c1-2. The molecule has 0 radical (unpaired) electrons.